The van der Waals surface area contributed by atoms with E-state index in [-0.39, 0.29) is 0 Å². The standard InChI is InChI=1S/C19H18Cl2N2/c1-4-14-5-8-16(9-6-14)23-13(3)19(12(2)22-23)15-7-10-17(20)18(21)11-15/h5-11H,4H2,1-3H3/p+1. The molecule has 3 rings (SSSR count). The second-order valence-corrected chi connectivity index (χ2v) is 6.50. The molecule has 0 spiro atoms. The number of aromatic amines is 1. The highest BCUT2D eigenvalue weighted by Crippen LogP contribution is 2.31. The van der Waals surface area contributed by atoms with Crippen molar-refractivity contribution in [2.75, 3.05) is 0 Å². The first-order valence-corrected chi connectivity index (χ1v) is 8.42. The van der Waals surface area contributed by atoms with Gasteiger partial charge in [-0.15, -0.1) is 0 Å². The van der Waals surface area contributed by atoms with Crippen molar-refractivity contribution in [1.82, 2.24) is 5.10 Å². The molecular weight excluding hydrogens is 327 g/mol. The van der Waals surface area contributed by atoms with Crippen molar-refractivity contribution in [3.63, 3.8) is 0 Å². The number of aryl methyl sites for hydroxylation is 2. The highest BCUT2D eigenvalue weighted by atomic mass is 35.5. The van der Waals surface area contributed by atoms with Gasteiger partial charge in [-0.1, -0.05) is 53.0 Å². The van der Waals surface area contributed by atoms with Gasteiger partial charge in [0, 0.05) is 19.1 Å². The van der Waals surface area contributed by atoms with Crippen LogP contribution in [0.2, 0.25) is 10.0 Å². The third kappa shape index (κ3) is 3.01. The summed E-state index contributed by atoms with van der Waals surface area (Å²) in [6, 6.07) is 14.4. The van der Waals surface area contributed by atoms with Crippen molar-refractivity contribution in [2.45, 2.75) is 27.2 Å². The number of rotatable bonds is 3. The van der Waals surface area contributed by atoms with Crippen LogP contribution in [0.25, 0.3) is 16.8 Å². The number of hydrogen-bond donors (Lipinski definition) is 1. The molecule has 0 atom stereocenters. The van der Waals surface area contributed by atoms with Crippen LogP contribution in [0.4, 0.5) is 0 Å². The number of benzene rings is 2. The molecule has 0 bridgehead atoms. The fraction of sp³-hybridized carbons (Fsp3) is 0.211. The van der Waals surface area contributed by atoms with Gasteiger partial charge < -0.3 is 0 Å². The average molecular weight is 346 g/mol. The molecule has 0 fully saturated rings. The van der Waals surface area contributed by atoms with Crippen LogP contribution in [0.3, 0.4) is 0 Å². The lowest BCUT2D eigenvalue weighted by molar-refractivity contribution is -0.661. The fourth-order valence-electron chi connectivity index (χ4n) is 2.91. The van der Waals surface area contributed by atoms with E-state index in [1.807, 2.05) is 18.2 Å². The van der Waals surface area contributed by atoms with E-state index in [0.29, 0.717) is 10.0 Å². The number of aromatic nitrogens is 2. The third-order valence-corrected chi connectivity index (χ3v) is 4.90. The summed E-state index contributed by atoms with van der Waals surface area (Å²) in [4.78, 5) is 0. The number of H-pyrrole nitrogens is 1. The summed E-state index contributed by atoms with van der Waals surface area (Å²) >= 11 is 12.2. The molecule has 3 aromatic rings. The first-order chi connectivity index (χ1) is 11.0. The van der Waals surface area contributed by atoms with Crippen LogP contribution < -0.4 is 4.68 Å². The number of halogens is 2. The molecular formula is C19H19Cl2N2+. The maximum absolute atomic E-state index is 6.18. The van der Waals surface area contributed by atoms with Crippen LogP contribution in [-0.2, 0) is 6.42 Å². The highest BCUT2D eigenvalue weighted by molar-refractivity contribution is 6.42. The van der Waals surface area contributed by atoms with Crippen LogP contribution in [0, 0.1) is 13.8 Å². The molecule has 0 aliphatic carbocycles. The lowest BCUT2D eigenvalue weighted by Gasteiger charge is -2.01. The van der Waals surface area contributed by atoms with Gasteiger partial charge in [0.05, 0.1) is 21.3 Å². The monoisotopic (exact) mass is 345 g/mol. The largest absolute Gasteiger partial charge is 0.235 e. The third-order valence-electron chi connectivity index (χ3n) is 4.16. The fourth-order valence-corrected chi connectivity index (χ4v) is 3.20. The minimum atomic E-state index is 0.572. The number of hydrogen-bond acceptors (Lipinski definition) is 0. The first kappa shape index (κ1) is 16.1. The zero-order valence-electron chi connectivity index (χ0n) is 13.5. The molecule has 0 amide bonds. The van der Waals surface area contributed by atoms with Crippen molar-refractivity contribution in [3.8, 4) is 16.8 Å². The molecule has 118 valence electrons. The Balaban J connectivity index is 2.09. The smallest absolute Gasteiger partial charge is 0.164 e. The molecule has 0 radical (unpaired) electrons. The van der Waals surface area contributed by atoms with E-state index in [4.69, 9.17) is 23.2 Å². The Hall–Kier alpha value is -1.77. The summed E-state index contributed by atoms with van der Waals surface area (Å²) in [5.74, 6) is 0. The molecule has 0 aliphatic rings. The topological polar surface area (TPSA) is 19.7 Å². The van der Waals surface area contributed by atoms with Gasteiger partial charge in [-0.2, -0.15) is 5.10 Å². The van der Waals surface area contributed by atoms with Crippen LogP contribution in [0.5, 0.6) is 0 Å². The maximum atomic E-state index is 6.18. The van der Waals surface area contributed by atoms with Crippen molar-refractivity contribution >= 4 is 23.2 Å². The summed E-state index contributed by atoms with van der Waals surface area (Å²) in [6.07, 6.45) is 1.04. The van der Waals surface area contributed by atoms with Gasteiger partial charge in [0.15, 0.2) is 0 Å². The molecule has 2 nitrogen and oxygen atoms in total. The van der Waals surface area contributed by atoms with E-state index in [2.05, 4.69) is 54.8 Å². The van der Waals surface area contributed by atoms with Gasteiger partial charge in [-0.3, -0.25) is 0 Å². The van der Waals surface area contributed by atoms with Crippen LogP contribution >= 0.6 is 23.2 Å². The molecule has 4 heteroatoms. The summed E-state index contributed by atoms with van der Waals surface area (Å²) in [6.45, 7) is 6.34. The van der Waals surface area contributed by atoms with Crippen LogP contribution in [-0.4, -0.2) is 5.10 Å². The predicted molar refractivity (Wildman–Crippen MR) is 96.6 cm³/mol. The van der Waals surface area contributed by atoms with Crippen molar-refractivity contribution < 1.29 is 4.68 Å². The van der Waals surface area contributed by atoms with Gasteiger partial charge in [-0.05, 0) is 36.6 Å². The summed E-state index contributed by atoms with van der Waals surface area (Å²) in [7, 11) is 0. The highest BCUT2D eigenvalue weighted by Gasteiger charge is 2.22. The lowest BCUT2D eigenvalue weighted by atomic mass is 10.0. The van der Waals surface area contributed by atoms with Gasteiger partial charge in [0.25, 0.3) is 0 Å². The minimum Gasteiger partial charge on any atom is -0.164 e. The van der Waals surface area contributed by atoms with E-state index in [9.17, 15) is 0 Å². The van der Waals surface area contributed by atoms with E-state index >= 15 is 0 Å². The molecule has 0 saturated heterocycles. The predicted octanol–water partition coefficient (Wildman–Crippen LogP) is 5.44. The molecule has 2 aromatic carbocycles. The van der Waals surface area contributed by atoms with E-state index < -0.39 is 0 Å². The number of nitrogens with zero attached hydrogens (tertiary/aromatic N) is 1. The van der Waals surface area contributed by atoms with Crippen molar-refractivity contribution in [2.24, 2.45) is 0 Å². The second-order valence-electron chi connectivity index (χ2n) is 5.68. The van der Waals surface area contributed by atoms with Crippen LogP contribution in [0.15, 0.2) is 42.5 Å². The lowest BCUT2D eigenvalue weighted by Crippen LogP contribution is -2.35. The average Bonchev–Trinajstić information content (AvgIpc) is 2.85. The van der Waals surface area contributed by atoms with E-state index in [1.54, 1.807) is 0 Å². The summed E-state index contributed by atoms with van der Waals surface area (Å²) in [5, 5.41) is 4.59. The minimum absolute atomic E-state index is 0.572. The molecule has 23 heavy (non-hydrogen) atoms. The Kier molecular flexibility index (Phi) is 4.47. The zero-order chi connectivity index (χ0) is 16.6. The molecule has 1 heterocycles. The van der Waals surface area contributed by atoms with Gasteiger partial charge >= 0.3 is 0 Å². The summed E-state index contributed by atoms with van der Waals surface area (Å²) in [5.41, 5.74) is 6.91. The Morgan fingerprint density at radius 1 is 0.957 bits per heavy atom. The second kappa shape index (κ2) is 6.38. The molecule has 0 saturated carbocycles. The zero-order valence-corrected chi connectivity index (χ0v) is 15.0. The first-order valence-electron chi connectivity index (χ1n) is 7.67. The van der Waals surface area contributed by atoms with Gasteiger partial charge in [0.2, 0.25) is 11.4 Å². The van der Waals surface area contributed by atoms with Gasteiger partial charge in [-0.25, -0.2) is 0 Å². The quantitative estimate of drug-likeness (QED) is 0.609. The molecule has 1 aromatic heterocycles. The molecule has 0 aliphatic heterocycles. The van der Waals surface area contributed by atoms with E-state index in [1.165, 1.54) is 5.56 Å². The normalized spacial score (nSPS) is 11.0. The van der Waals surface area contributed by atoms with E-state index in [0.717, 1.165) is 34.6 Å². The summed E-state index contributed by atoms with van der Waals surface area (Å²) < 4.78 is 2.10. The number of nitrogens with one attached hydrogen (secondary N) is 1. The Bertz CT molecular complexity index is 849. The maximum Gasteiger partial charge on any atom is 0.235 e. The van der Waals surface area contributed by atoms with Gasteiger partial charge in [0.1, 0.15) is 0 Å². The van der Waals surface area contributed by atoms with Crippen molar-refractivity contribution in [3.05, 3.63) is 69.5 Å². The van der Waals surface area contributed by atoms with Crippen LogP contribution in [0.1, 0.15) is 23.9 Å². The SMILES string of the molecule is CCc1ccc(-[n+]2[nH]c(C)c(-c3ccc(Cl)c(Cl)c3)c2C)cc1. The Morgan fingerprint density at radius 2 is 1.65 bits per heavy atom. The molecule has 0 unspecified atom stereocenters. The Labute approximate surface area is 146 Å². The molecule has 1 N–H and O–H groups in total. The van der Waals surface area contributed by atoms with Crippen molar-refractivity contribution in [1.29, 1.82) is 0 Å². The Morgan fingerprint density at radius 3 is 2.26 bits per heavy atom.